The molecule has 0 aliphatic rings. The van der Waals surface area contributed by atoms with Crippen molar-refractivity contribution in [3.8, 4) is 12.3 Å². The molecule has 130 valence electrons. The minimum absolute atomic E-state index is 0.0152. The van der Waals surface area contributed by atoms with Crippen molar-refractivity contribution in [1.29, 1.82) is 0 Å². The molecule has 8 heteroatoms. The van der Waals surface area contributed by atoms with Crippen LogP contribution in [0.1, 0.15) is 24.0 Å². The lowest BCUT2D eigenvalue weighted by Crippen LogP contribution is -2.31. The van der Waals surface area contributed by atoms with Gasteiger partial charge in [0.2, 0.25) is 5.28 Å². The number of nitrogens with zero attached hydrogens (tertiary/aromatic N) is 2. The van der Waals surface area contributed by atoms with Gasteiger partial charge in [0.15, 0.2) is 11.4 Å². The van der Waals surface area contributed by atoms with E-state index in [0.29, 0.717) is 40.5 Å². The molecule has 0 aliphatic heterocycles. The van der Waals surface area contributed by atoms with Crippen LogP contribution in [0.4, 0.5) is 10.2 Å². The lowest BCUT2D eigenvalue weighted by Gasteiger charge is -2.10. The fourth-order valence-electron chi connectivity index (χ4n) is 2.37. The second-order valence-electron chi connectivity index (χ2n) is 5.54. The van der Waals surface area contributed by atoms with Crippen LogP contribution in [-0.4, -0.2) is 22.2 Å². The molecule has 0 unspecified atom stereocenters. The molecule has 0 aromatic carbocycles. The van der Waals surface area contributed by atoms with Crippen molar-refractivity contribution in [3.05, 3.63) is 40.8 Å². The molecule has 0 saturated heterocycles. The van der Waals surface area contributed by atoms with Gasteiger partial charge in [0.05, 0.1) is 18.4 Å². The summed E-state index contributed by atoms with van der Waals surface area (Å²) in [6, 6.07) is 2.85. The van der Waals surface area contributed by atoms with Crippen LogP contribution in [0.3, 0.4) is 0 Å². The number of anilines is 1. The first-order valence-corrected chi connectivity index (χ1v) is 7.98. The number of fused-ring (bicyclic) bond motifs is 1. The maximum atomic E-state index is 13.4. The van der Waals surface area contributed by atoms with Crippen LogP contribution < -0.4 is 11.1 Å². The van der Waals surface area contributed by atoms with Crippen molar-refractivity contribution >= 4 is 28.5 Å². The predicted octanol–water partition coefficient (Wildman–Crippen LogP) is 3.29. The Morgan fingerprint density at radius 2 is 2.28 bits per heavy atom. The van der Waals surface area contributed by atoms with Crippen LogP contribution >= 0.6 is 11.6 Å². The van der Waals surface area contributed by atoms with Gasteiger partial charge in [-0.05, 0) is 30.7 Å². The minimum Gasteiger partial charge on any atom is -0.467 e. The number of rotatable bonds is 6. The third-order valence-electron chi connectivity index (χ3n) is 3.74. The van der Waals surface area contributed by atoms with Crippen LogP contribution in [0.25, 0.3) is 11.1 Å². The predicted molar refractivity (Wildman–Crippen MR) is 93.0 cm³/mol. The smallest absolute Gasteiger partial charge is 0.225 e. The van der Waals surface area contributed by atoms with Gasteiger partial charge >= 0.3 is 0 Å². The van der Waals surface area contributed by atoms with E-state index in [4.69, 9.17) is 32.6 Å². The topological polar surface area (TPSA) is 90.1 Å². The van der Waals surface area contributed by atoms with Crippen molar-refractivity contribution in [2.24, 2.45) is 5.73 Å². The highest BCUT2D eigenvalue weighted by Crippen LogP contribution is 2.31. The lowest BCUT2D eigenvalue weighted by molar-refractivity contribution is 0.296. The molecule has 0 spiro atoms. The van der Waals surface area contributed by atoms with Crippen LogP contribution in [-0.2, 0) is 13.0 Å². The maximum Gasteiger partial charge on any atom is 0.225 e. The molecule has 3 aromatic rings. The summed E-state index contributed by atoms with van der Waals surface area (Å²) in [4.78, 5) is 8.28. The van der Waals surface area contributed by atoms with Gasteiger partial charge in [-0.1, -0.05) is 5.92 Å². The van der Waals surface area contributed by atoms with Gasteiger partial charge in [0.25, 0.3) is 0 Å². The first-order chi connectivity index (χ1) is 12.0. The molecule has 0 radical (unpaired) electrons. The van der Waals surface area contributed by atoms with Gasteiger partial charge in [-0.2, -0.15) is 4.98 Å². The zero-order valence-electron chi connectivity index (χ0n) is 13.4. The summed E-state index contributed by atoms with van der Waals surface area (Å²) >= 11 is 6.00. The van der Waals surface area contributed by atoms with E-state index in [1.54, 1.807) is 12.3 Å². The normalized spacial score (nSPS) is 13.6. The fraction of sp³-hybridized carbons (Fsp3) is 0.294. The monoisotopic (exact) mass is 362 g/mol. The first kappa shape index (κ1) is 17.3. The van der Waals surface area contributed by atoms with Crippen molar-refractivity contribution in [1.82, 2.24) is 9.97 Å². The van der Waals surface area contributed by atoms with E-state index in [2.05, 4.69) is 21.2 Å². The van der Waals surface area contributed by atoms with Crippen LogP contribution in [0, 0.1) is 12.3 Å². The number of alkyl halides is 1. The Kier molecular flexibility index (Phi) is 4.93. The highest BCUT2D eigenvalue weighted by Gasteiger charge is 2.22. The molecule has 3 N–H and O–H groups in total. The summed E-state index contributed by atoms with van der Waals surface area (Å²) in [5.41, 5.74) is 6.92. The largest absolute Gasteiger partial charge is 0.467 e. The average molecular weight is 363 g/mol. The number of furan rings is 2. The van der Waals surface area contributed by atoms with E-state index in [1.807, 2.05) is 6.07 Å². The third-order valence-corrected chi connectivity index (χ3v) is 3.91. The van der Waals surface area contributed by atoms with Crippen LogP contribution in [0.15, 0.2) is 27.2 Å². The Bertz CT molecular complexity index is 915. The van der Waals surface area contributed by atoms with Crippen LogP contribution in [0.5, 0.6) is 0 Å². The zero-order valence-corrected chi connectivity index (χ0v) is 14.2. The molecule has 0 saturated carbocycles. The Morgan fingerprint density at radius 3 is 2.92 bits per heavy atom. The van der Waals surface area contributed by atoms with E-state index >= 15 is 0 Å². The van der Waals surface area contributed by atoms with E-state index in [1.165, 1.54) is 6.92 Å². The molecule has 0 bridgehead atoms. The number of hydrogen-bond acceptors (Lipinski definition) is 6. The molecule has 3 rings (SSSR count). The van der Waals surface area contributed by atoms with Crippen molar-refractivity contribution < 1.29 is 13.2 Å². The maximum absolute atomic E-state index is 13.4. The van der Waals surface area contributed by atoms with Gasteiger partial charge < -0.3 is 19.9 Å². The highest BCUT2D eigenvalue weighted by molar-refractivity contribution is 6.28. The van der Waals surface area contributed by atoms with Gasteiger partial charge in [0, 0.05) is 12.5 Å². The van der Waals surface area contributed by atoms with Gasteiger partial charge in [-0.15, -0.1) is 6.42 Å². The molecule has 0 fully saturated rings. The van der Waals surface area contributed by atoms with E-state index in [-0.39, 0.29) is 11.7 Å². The molecule has 25 heavy (non-hydrogen) atoms. The number of terminal acetylenes is 1. The van der Waals surface area contributed by atoms with Gasteiger partial charge in [0.1, 0.15) is 23.2 Å². The minimum atomic E-state index is -1.20. The quantitative estimate of drug-likeness (QED) is 0.516. The SMILES string of the molecule is C#Cc1c(C[C@@H](N)[C@H](C)F)oc2c(NCc3ccco3)nc(Cl)nc12. The highest BCUT2D eigenvalue weighted by atomic mass is 35.5. The standard InChI is InChI=1S/C17H16ClFN4O2/c1-3-11-13(7-12(20)9(2)19)25-15-14(11)22-17(18)23-16(15)21-8-10-5-4-6-24-10/h1,4-6,9,12H,7-8,20H2,2H3,(H,21,22,23)/t9-,12+/m0/s1. The lowest BCUT2D eigenvalue weighted by atomic mass is 10.1. The van der Waals surface area contributed by atoms with E-state index in [9.17, 15) is 4.39 Å². The summed E-state index contributed by atoms with van der Waals surface area (Å²) in [6.45, 7) is 1.76. The number of nitrogens with two attached hydrogens (primary N) is 1. The van der Waals surface area contributed by atoms with E-state index < -0.39 is 12.2 Å². The Labute approximate surface area is 148 Å². The summed E-state index contributed by atoms with van der Waals surface area (Å²) in [7, 11) is 0. The van der Waals surface area contributed by atoms with Crippen LogP contribution in [0.2, 0.25) is 5.28 Å². The summed E-state index contributed by atoms with van der Waals surface area (Å²) in [5.74, 6) is 3.98. The molecular formula is C17H16ClFN4O2. The summed E-state index contributed by atoms with van der Waals surface area (Å²) in [6.07, 6.45) is 6.09. The van der Waals surface area contributed by atoms with Crippen molar-refractivity contribution in [3.63, 3.8) is 0 Å². The number of nitrogens with one attached hydrogen (secondary N) is 1. The second-order valence-corrected chi connectivity index (χ2v) is 5.88. The number of hydrogen-bond donors (Lipinski definition) is 2. The Balaban J connectivity index is 2.00. The number of aromatic nitrogens is 2. The van der Waals surface area contributed by atoms with Crippen molar-refractivity contribution in [2.75, 3.05) is 5.32 Å². The molecule has 3 aromatic heterocycles. The van der Waals surface area contributed by atoms with E-state index in [0.717, 1.165) is 0 Å². The molecule has 0 aliphatic carbocycles. The molecule has 3 heterocycles. The van der Waals surface area contributed by atoms with Gasteiger partial charge in [-0.25, -0.2) is 9.37 Å². The molecule has 6 nitrogen and oxygen atoms in total. The zero-order chi connectivity index (χ0) is 18.0. The van der Waals surface area contributed by atoms with Gasteiger partial charge in [-0.3, -0.25) is 0 Å². The first-order valence-electron chi connectivity index (χ1n) is 7.61. The molecule has 2 atom stereocenters. The number of halogens is 2. The van der Waals surface area contributed by atoms with Crippen molar-refractivity contribution in [2.45, 2.75) is 32.1 Å². The third kappa shape index (κ3) is 3.60. The second kappa shape index (κ2) is 7.13. The summed E-state index contributed by atoms with van der Waals surface area (Å²) in [5, 5.41) is 3.09. The fourth-order valence-corrected chi connectivity index (χ4v) is 2.54. The Morgan fingerprint density at radius 1 is 1.48 bits per heavy atom. The molecule has 0 amide bonds. The molecular weight excluding hydrogens is 347 g/mol. The summed E-state index contributed by atoms with van der Waals surface area (Å²) < 4.78 is 24.5. The Hall–Kier alpha value is -2.56. The average Bonchev–Trinajstić information content (AvgIpc) is 3.19.